The van der Waals surface area contributed by atoms with Crippen LogP contribution < -0.4 is 10.1 Å². The van der Waals surface area contributed by atoms with Gasteiger partial charge in [0.25, 0.3) is 0 Å². The number of hydrogen-bond acceptors (Lipinski definition) is 6. The molecule has 0 unspecified atom stereocenters. The SMILES string of the molecule is COc1cc(NC(=O)/C=C/c2ccc(O)c(O)c2)c(C(=O)O)cc1O. The van der Waals surface area contributed by atoms with Crippen LogP contribution >= 0.6 is 0 Å². The van der Waals surface area contributed by atoms with E-state index in [0.717, 1.165) is 12.1 Å². The minimum Gasteiger partial charge on any atom is -0.504 e. The molecule has 130 valence electrons. The number of hydrogen-bond donors (Lipinski definition) is 5. The van der Waals surface area contributed by atoms with Crippen molar-refractivity contribution in [1.82, 2.24) is 0 Å². The molecule has 0 spiro atoms. The van der Waals surface area contributed by atoms with Gasteiger partial charge in [-0.25, -0.2) is 4.79 Å². The summed E-state index contributed by atoms with van der Waals surface area (Å²) in [5.74, 6) is -2.95. The molecule has 0 aliphatic carbocycles. The lowest BCUT2D eigenvalue weighted by Crippen LogP contribution is -2.12. The van der Waals surface area contributed by atoms with Crippen molar-refractivity contribution in [2.75, 3.05) is 12.4 Å². The topological polar surface area (TPSA) is 136 Å². The van der Waals surface area contributed by atoms with Gasteiger partial charge < -0.3 is 30.5 Å². The number of carbonyl (C=O) groups excluding carboxylic acids is 1. The Morgan fingerprint density at radius 3 is 2.36 bits per heavy atom. The molecule has 0 aliphatic rings. The summed E-state index contributed by atoms with van der Waals surface area (Å²) in [7, 11) is 1.29. The molecule has 0 radical (unpaired) electrons. The number of benzene rings is 2. The van der Waals surface area contributed by atoms with Gasteiger partial charge in [-0.1, -0.05) is 6.07 Å². The highest BCUT2D eigenvalue weighted by Crippen LogP contribution is 2.32. The average Bonchev–Trinajstić information content (AvgIpc) is 2.57. The summed E-state index contributed by atoms with van der Waals surface area (Å²) in [6.45, 7) is 0. The van der Waals surface area contributed by atoms with E-state index >= 15 is 0 Å². The van der Waals surface area contributed by atoms with Gasteiger partial charge >= 0.3 is 5.97 Å². The lowest BCUT2D eigenvalue weighted by molar-refractivity contribution is -0.111. The summed E-state index contributed by atoms with van der Waals surface area (Å²) in [4.78, 5) is 23.2. The third-order valence-corrected chi connectivity index (χ3v) is 3.23. The van der Waals surface area contributed by atoms with Crippen LogP contribution in [0.3, 0.4) is 0 Å². The van der Waals surface area contributed by atoms with E-state index in [4.69, 9.17) is 9.84 Å². The number of ether oxygens (including phenoxy) is 1. The highest BCUT2D eigenvalue weighted by Gasteiger charge is 2.16. The number of nitrogens with one attached hydrogen (secondary N) is 1. The van der Waals surface area contributed by atoms with Crippen LogP contribution in [0.15, 0.2) is 36.4 Å². The van der Waals surface area contributed by atoms with Gasteiger partial charge in [0.15, 0.2) is 23.0 Å². The summed E-state index contributed by atoms with van der Waals surface area (Å²) < 4.78 is 4.89. The van der Waals surface area contributed by atoms with E-state index in [0.29, 0.717) is 5.56 Å². The summed E-state index contributed by atoms with van der Waals surface area (Å²) in [5.41, 5.74) is 0.0971. The molecule has 0 aliphatic heterocycles. The Kier molecular flexibility index (Phi) is 5.13. The van der Waals surface area contributed by atoms with Crippen LogP contribution in [0.2, 0.25) is 0 Å². The van der Waals surface area contributed by atoms with Gasteiger partial charge in [0, 0.05) is 18.2 Å². The zero-order chi connectivity index (χ0) is 18.6. The first kappa shape index (κ1) is 17.7. The number of aromatic hydroxyl groups is 3. The number of carboxylic acid groups (broad SMARTS) is 1. The number of carbonyl (C=O) groups is 2. The van der Waals surface area contributed by atoms with E-state index in [2.05, 4.69) is 5.32 Å². The van der Waals surface area contributed by atoms with Crippen molar-refractivity contribution in [2.24, 2.45) is 0 Å². The molecule has 2 rings (SSSR count). The maximum absolute atomic E-state index is 12.0. The molecule has 25 heavy (non-hydrogen) atoms. The van der Waals surface area contributed by atoms with Crippen LogP contribution in [0.5, 0.6) is 23.0 Å². The van der Waals surface area contributed by atoms with Crippen LogP contribution in [0.25, 0.3) is 6.08 Å². The minimum absolute atomic E-state index is 0.00716. The maximum Gasteiger partial charge on any atom is 0.337 e. The van der Waals surface area contributed by atoms with Crippen LogP contribution in [0.1, 0.15) is 15.9 Å². The Morgan fingerprint density at radius 1 is 1.04 bits per heavy atom. The molecule has 0 fully saturated rings. The Morgan fingerprint density at radius 2 is 1.76 bits per heavy atom. The predicted octanol–water partition coefficient (Wildman–Crippen LogP) is 2.16. The number of phenolic OH excluding ortho intramolecular Hbond substituents is 3. The van der Waals surface area contributed by atoms with Gasteiger partial charge in [0.2, 0.25) is 5.91 Å². The number of carboxylic acids is 1. The first-order valence-electron chi connectivity index (χ1n) is 6.97. The van der Waals surface area contributed by atoms with Gasteiger partial charge in [0.05, 0.1) is 18.4 Å². The zero-order valence-corrected chi connectivity index (χ0v) is 13.1. The fourth-order valence-electron chi connectivity index (χ4n) is 2.00. The number of aromatic carboxylic acids is 1. The predicted molar refractivity (Wildman–Crippen MR) is 89.1 cm³/mol. The Hall–Kier alpha value is -3.68. The smallest absolute Gasteiger partial charge is 0.337 e. The highest BCUT2D eigenvalue weighted by atomic mass is 16.5. The molecule has 0 atom stereocenters. The van der Waals surface area contributed by atoms with Gasteiger partial charge in [0.1, 0.15) is 0 Å². The van der Waals surface area contributed by atoms with Crippen LogP contribution in [-0.2, 0) is 4.79 Å². The van der Waals surface area contributed by atoms with Crippen molar-refractivity contribution < 1.29 is 34.8 Å². The fraction of sp³-hybridized carbons (Fsp3) is 0.0588. The fourth-order valence-corrected chi connectivity index (χ4v) is 2.00. The van der Waals surface area contributed by atoms with Crippen molar-refractivity contribution in [3.63, 3.8) is 0 Å². The summed E-state index contributed by atoms with van der Waals surface area (Å²) in [5, 5.41) is 39.8. The first-order chi connectivity index (χ1) is 11.8. The molecule has 5 N–H and O–H groups in total. The molecule has 0 bridgehead atoms. The minimum atomic E-state index is -1.33. The molecular weight excluding hydrogens is 330 g/mol. The van der Waals surface area contributed by atoms with E-state index in [1.54, 1.807) is 0 Å². The third-order valence-electron chi connectivity index (χ3n) is 3.23. The molecule has 8 heteroatoms. The second kappa shape index (κ2) is 7.26. The average molecular weight is 345 g/mol. The van der Waals surface area contributed by atoms with Gasteiger partial charge in [-0.05, 0) is 23.8 Å². The second-order valence-corrected chi connectivity index (χ2v) is 4.95. The van der Waals surface area contributed by atoms with E-state index in [1.807, 2.05) is 0 Å². The monoisotopic (exact) mass is 345 g/mol. The van der Waals surface area contributed by atoms with E-state index in [1.165, 1.54) is 37.5 Å². The quantitative estimate of drug-likeness (QED) is 0.318. The summed E-state index contributed by atoms with van der Waals surface area (Å²) >= 11 is 0. The number of rotatable bonds is 5. The lowest BCUT2D eigenvalue weighted by atomic mass is 10.1. The van der Waals surface area contributed by atoms with Crippen LogP contribution in [0.4, 0.5) is 5.69 Å². The Bertz CT molecular complexity index is 858. The third kappa shape index (κ3) is 4.20. The molecule has 0 saturated heterocycles. The number of phenols is 3. The summed E-state index contributed by atoms with van der Waals surface area (Å²) in [6, 6.07) is 6.16. The molecule has 0 saturated carbocycles. The molecule has 8 nitrogen and oxygen atoms in total. The summed E-state index contributed by atoms with van der Waals surface area (Å²) in [6.07, 6.45) is 2.49. The number of methoxy groups -OCH3 is 1. The standard InChI is InChI=1S/C17H15NO7/c1-25-15-8-11(10(17(23)24)7-14(15)21)18-16(22)5-3-9-2-4-12(19)13(20)6-9/h2-8,19-21H,1H3,(H,18,22)(H,23,24)/b5-3+. The van der Waals surface area contributed by atoms with Gasteiger partial charge in [-0.15, -0.1) is 0 Å². The van der Waals surface area contributed by atoms with Crippen molar-refractivity contribution in [3.05, 3.63) is 47.5 Å². The number of amides is 1. The molecule has 2 aromatic rings. The van der Waals surface area contributed by atoms with Gasteiger partial charge in [-0.2, -0.15) is 0 Å². The maximum atomic E-state index is 12.0. The van der Waals surface area contributed by atoms with Crippen LogP contribution in [-0.4, -0.2) is 39.4 Å². The molecule has 0 aromatic heterocycles. The lowest BCUT2D eigenvalue weighted by Gasteiger charge is -2.10. The Balaban J connectivity index is 2.23. The van der Waals surface area contributed by atoms with Crippen molar-refractivity contribution >= 4 is 23.6 Å². The van der Waals surface area contributed by atoms with Crippen molar-refractivity contribution in [3.8, 4) is 23.0 Å². The van der Waals surface area contributed by atoms with E-state index in [9.17, 15) is 24.9 Å². The first-order valence-corrected chi connectivity index (χ1v) is 6.97. The Labute approximate surface area is 142 Å². The van der Waals surface area contributed by atoms with E-state index < -0.39 is 11.9 Å². The van der Waals surface area contributed by atoms with Crippen molar-refractivity contribution in [2.45, 2.75) is 0 Å². The molecular formula is C17H15NO7. The van der Waals surface area contributed by atoms with E-state index in [-0.39, 0.29) is 34.2 Å². The normalized spacial score (nSPS) is 10.6. The zero-order valence-electron chi connectivity index (χ0n) is 13.1. The molecule has 0 heterocycles. The van der Waals surface area contributed by atoms with Crippen LogP contribution in [0, 0.1) is 0 Å². The molecule has 1 amide bonds. The number of anilines is 1. The molecule has 2 aromatic carbocycles. The highest BCUT2D eigenvalue weighted by molar-refractivity contribution is 6.06. The second-order valence-electron chi connectivity index (χ2n) is 4.95. The van der Waals surface area contributed by atoms with Crippen molar-refractivity contribution in [1.29, 1.82) is 0 Å². The van der Waals surface area contributed by atoms with Gasteiger partial charge in [-0.3, -0.25) is 4.79 Å². The largest absolute Gasteiger partial charge is 0.504 e.